The Balaban J connectivity index is 1.93. The Morgan fingerprint density at radius 3 is 2.89 bits per heavy atom. The van der Waals surface area contributed by atoms with Crippen LogP contribution in [0.15, 0.2) is 29.0 Å². The van der Waals surface area contributed by atoms with Crippen molar-refractivity contribution in [3.63, 3.8) is 0 Å². The fourth-order valence-electron chi connectivity index (χ4n) is 2.39. The Hall–Kier alpha value is -1.66. The van der Waals surface area contributed by atoms with E-state index in [1.54, 1.807) is 0 Å². The summed E-state index contributed by atoms with van der Waals surface area (Å²) in [5.74, 6) is 1.53. The minimum atomic E-state index is 0.0616. The van der Waals surface area contributed by atoms with E-state index in [4.69, 9.17) is 15.0 Å². The maximum atomic E-state index is 5.51. The lowest BCUT2D eigenvalue weighted by molar-refractivity contribution is 0.176. The molecule has 2 aromatic heterocycles. The predicted molar refractivity (Wildman–Crippen MR) is 63.7 cm³/mol. The van der Waals surface area contributed by atoms with Crippen LogP contribution in [0.5, 0.6) is 0 Å². The average Bonchev–Trinajstić information content (AvgIpc) is 3.13. The van der Waals surface area contributed by atoms with E-state index in [0.717, 1.165) is 19.6 Å². The average molecular weight is 248 g/mol. The number of aromatic nitrogens is 3. The highest BCUT2D eigenvalue weighted by molar-refractivity contribution is 5.05. The molecular weight excluding hydrogens is 232 g/mol. The second kappa shape index (κ2) is 4.91. The van der Waals surface area contributed by atoms with Gasteiger partial charge in [0.05, 0.1) is 13.2 Å². The van der Waals surface area contributed by atoms with E-state index >= 15 is 0 Å². The molecule has 6 heteroatoms. The standard InChI is InChI=1S/C12H16N4O2/c13-7-10-14-12(15-18-10)11(9-3-6-17-8-9)16-4-1-2-5-16/h1-2,4-5,9,11H,3,6-8,13H2/t9-,11+/m0/s1. The van der Waals surface area contributed by atoms with Gasteiger partial charge in [0, 0.05) is 24.9 Å². The Kier molecular flexibility index (Phi) is 3.12. The van der Waals surface area contributed by atoms with E-state index in [-0.39, 0.29) is 12.6 Å². The lowest BCUT2D eigenvalue weighted by atomic mass is 9.98. The molecule has 0 bridgehead atoms. The minimum absolute atomic E-state index is 0.0616. The summed E-state index contributed by atoms with van der Waals surface area (Å²) in [4.78, 5) is 4.35. The number of nitrogens with zero attached hydrogens (tertiary/aromatic N) is 3. The number of ether oxygens (including phenoxy) is 1. The molecule has 2 N–H and O–H groups in total. The summed E-state index contributed by atoms with van der Waals surface area (Å²) in [6.45, 7) is 1.80. The number of hydrogen-bond acceptors (Lipinski definition) is 5. The molecule has 6 nitrogen and oxygen atoms in total. The fraction of sp³-hybridized carbons (Fsp3) is 0.500. The molecule has 2 atom stereocenters. The van der Waals surface area contributed by atoms with Crippen molar-refractivity contribution in [1.82, 2.24) is 14.7 Å². The third-order valence-corrected chi connectivity index (χ3v) is 3.28. The van der Waals surface area contributed by atoms with Crippen LogP contribution in [0.25, 0.3) is 0 Å². The highest BCUT2D eigenvalue weighted by Crippen LogP contribution is 2.30. The number of hydrogen-bond donors (Lipinski definition) is 1. The van der Waals surface area contributed by atoms with Crippen molar-refractivity contribution in [1.29, 1.82) is 0 Å². The van der Waals surface area contributed by atoms with Crippen molar-refractivity contribution in [3.8, 4) is 0 Å². The first kappa shape index (κ1) is 11.4. The van der Waals surface area contributed by atoms with Crippen LogP contribution in [0.1, 0.15) is 24.2 Å². The van der Waals surface area contributed by atoms with Crippen LogP contribution in [0.3, 0.4) is 0 Å². The molecule has 1 aliphatic heterocycles. The van der Waals surface area contributed by atoms with Gasteiger partial charge >= 0.3 is 0 Å². The maximum Gasteiger partial charge on any atom is 0.240 e. The summed E-state index contributed by atoms with van der Waals surface area (Å²) < 4.78 is 12.7. The zero-order chi connectivity index (χ0) is 12.4. The molecule has 0 saturated carbocycles. The fourth-order valence-corrected chi connectivity index (χ4v) is 2.39. The first-order valence-corrected chi connectivity index (χ1v) is 6.11. The van der Waals surface area contributed by atoms with Crippen LogP contribution in [-0.2, 0) is 11.3 Å². The molecule has 1 aliphatic rings. The second-order valence-electron chi connectivity index (χ2n) is 4.45. The van der Waals surface area contributed by atoms with E-state index in [0.29, 0.717) is 17.6 Å². The lowest BCUT2D eigenvalue weighted by Crippen LogP contribution is -2.21. The van der Waals surface area contributed by atoms with Crippen molar-refractivity contribution in [2.75, 3.05) is 13.2 Å². The molecule has 1 saturated heterocycles. The van der Waals surface area contributed by atoms with Gasteiger partial charge in [0.15, 0.2) is 5.82 Å². The highest BCUT2D eigenvalue weighted by Gasteiger charge is 2.31. The van der Waals surface area contributed by atoms with Crippen molar-refractivity contribution < 1.29 is 9.26 Å². The third-order valence-electron chi connectivity index (χ3n) is 3.28. The van der Waals surface area contributed by atoms with E-state index in [1.165, 1.54) is 0 Å². The summed E-state index contributed by atoms with van der Waals surface area (Å²) in [5, 5.41) is 4.05. The molecule has 3 rings (SSSR count). The second-order valence-corrected chi connectivity index (χ2v) is 4.45. The third kappa shape index (κ3) is 2.04. The van der Waals surface area contributed by atoms with Crippen LogP contribution in [0.2, 0.25) is 0 Å². The first-order valence-electron chi connectivity index (χ1n) is 6.11. The lowest BCUT2D eigenvalue weighted by Gasteiger charge is -2.20. The Morgan fingerprint density at radius 2 is 2.28 bits per heavy atom. The van der Waals surface area contributed by atoms with Crippen molar-refractivity contribution >= 4 is 0 Å². The summed E-state index contributed by atoms with van der Waals surface area (Å²) in [7, 11) is 0. The zero-order valence-electron chi connectivity index (χ0n) is 10.0. The number of rotatable bonds is 4. The summed E-state index contributed by atoms with van der Waals surface area (Å²) in [5.41, 5.74) is 5.51. The Labute approximate surface area is 105 Å². The van der Waals surface area contributed by atoms with Gasteiger partial charge in [-0.1, -0.05) is 5.16 Å². The van der Waals surface area contributed by atoms with Gasteiger partial charge < -0.3 is 19.6 Å². The van der Waals surface area contributed by atoms with E-state index in [9.17, 15) is 0 Å². The van der Waals surface area contributed by atoms with Gasteiger partial charge in [-0.05, 0) is 18.6 Å². The molecule has 2 aromatic rings. The van der Waals surface area contributed by atoms with Crippen molar-refractivity contribution in [2.45, 2.75) is 19.0 Å². The summed E-state index contributed by atoms with van der Waals surface area (Å²) >= 11 is 0. The highest BCUT2D eigenvalue weighted by atomic mass is 16.5. The van der Waals surface area contributed by atoms with Crippen LogP contribution in [-0.4, -0.2) is 27.9 Å². The Morgan fingerprint density at radius 1 is 1.44 bits per heavy atom. The molecule has 3 heterocycles. The molecule has 0 unspecified atom stereocenters. The molecule has 18 heavy (non-hydrogen) atoms. The molecule has 0 spiro atoms. The van der Waals surface area contributed by atoms with Crippen molar-refractivity contribution in [2.24, 2.45) is 11.7 Å². The smallest absolute Gasteiger partial charge is 0.240 e. The Bertz CT molecular complexity index is 488. The van der Waals surface area contributed by atoms with Crippen LogP contribution in [0, 0.1) is 5.92 Å². The monoisotopic (exact) mass is 248 g/mol. The van der Waals surface area contributed by atoms with Crippen LogP contribution in [0.4, 0.5) is 0 Å². The van der Waals surface area contributed by atoms with Gasteiger partial charge in [0.1, 0.15) is 6.04 Å². The van der Waals surface area contributed by atoms with Gasteiger partial charge in [-0.25, -0.2) is 0 Å². The van der Waals surface area contributed by atoms with E-state index in [2.05, 4.69) is 14.7 Å². The molecule has 0 aliphatic carbocycles. The quantitative estimate of drug-likeness (QED) is 0.871. The first-order chi connectivity index (χ1) is 8.88. The SMILES string of the molecule is NCc1nc([C@@H]([C@H]2CCOC2)n2cccc2)no1. The van der Waals surface area contributed by atoms with E-state index in [1.807, 2.05) is 24.5 Å². The number of nitrogens with two attached hydrogens (primary N) is 1. The molecule has 0 radical (unpaired) electrons. The van der Waals surface area contributed by atoms with Crippen molar-refractivity contribution in [3.05, 3.63) is 36.2 Å². The molecule has 96 valence electrons. The van der Waals surface area contributed by atoms with Gasteiger partial charge in [-0.15, -0.1) is 0 Å². The van der Waals surface area contributed by atoms with E-state index < -0.39 is 0 Å². The van der Waals surface area contributed by atoms with Gasteiger partial charge in [0.2, 0.25) is 5.89 Å². The van der Waals surface area contributed by atoms with Crippen LogP contribution >= 0.6 is 0 Å². The van der Waals surface area contributed by atoms with Gasteiger partial charge in [0.25, 0.3) is 0 Å². The molecule has 0 amide bonds. The summed E-state index contributed by atoms with van der Waals surface area (Å²) in [6, 6.07) is 4.05. The minimum Gasteiger partial charge on any atom is -0.381 e. The summed E-state index contributed by atoms with van der Waals surface area (Å²) in [6.07, 6.45) is 5.04. The zero-order valence-corrected chi connectivity index (χ0v) is 10.0. The van der Waals surface area contributed by atoms with Gasteiger partial charge in [-0.3, -0.25) is 0 Å². The maximum absolute atomic E-state index is 5.51. The normalized spacial score (nSPS) is 21.3. The molecule has 1 fully saturated rings. The molecule has 0 aromatic carbocycles. The van der Waals surface area contributed by atoms with Gasteiger partial charge in [-0.2, -0.15) is 4.98 Å². The molecular formula is C12H16N4O2. The largest absolute Gasteiger partial charge is 0.381 e. The topological polar surface area (TPSA) is 79.1 Å². The van der Waals surface area contributed by atoms with Crippen LogP contribution < -0.4 is 5.73 Å². The predicted octanol–water partition coefficient (Wildman–Crippen LogP) is 0.956.